The summed E-state index contributed by atoms with van der Waals surface area (Å²) in [5.41, 5.74) is 7.37. The number of carbonyl (C=O) groups is 1. The van der Waals surface area contributed by atoms with Crippen LogP contribution in [0, 0.1) is 23.6 Å². The summed E-state index contributed by atoms with van der Waals surface area (Å²) in [4.78, 5) is 17.4. The molecular formula is C21H32FN3O. The number of nitrogens with two attached hydrogens (primary N) is 1. The molecule has 1 aromatic rings. The van der Waals surface area contributed by atoms with Gasteiger partial charge in [-0.3, -0.25) is 4.79 Å². The number of hydrogen-bond acceptors (Lipinski definition) is 3. The first-order valence-electron chi connectivity index (χ1n) is 9.87. The minimum atomic E-state index is -0.242. The maximum Gasteiger partial charge on any atom is 0.226 e. The highest BCUT2D eigenvalue weighted by Crippen LogP contribution is 2.42. The first-order chi connectivity index (χ1) is 12.4. The van der Waals surface area contributed by atoms with E-state index in [1.165, 1.54) is 18.6 Å². The molecule has 0 radical (unpaired) electrons. The Morgan fingerprint density at radius 1 is 1.12 bits per heavy atom. The lowest BCUT2D eigenvalue weighted by atomic mass is 9.65. The average molecular weight is 362 g/mol. The normalized spacial score (nSPS) is 28.2. The predicted octanol–water partition coefficient (Wildman–Crippen LogP) is 2.87. The molecule has 1 aromatic carbocycles. The van der Waals surface area contributed by atoms with Gasteiger partial charge in [-0.15, -0.1) is 0 Å². The fourth-order valence-corrected chi connectivity index (χ4v) is 4.65. The number of fused-ring (bicyclic) bond motifs is 2. The molecule has 0 saturated heterocycles. The maximum atomic E-state index is 13.3. The zero-order valence-corrected chi connectivity index (χ0v) is 16.0. The first-order valence-corrected chi connectivity index (χ1v) is 9.87. The van der Waals surface area contributed by atoms with Crippen LogP contribution in [-0.4, -0.2) is 48.9 Å². The Labute approximate surface area is 156 Å². The Balaban J connectivity index is 1.70. The highest BCUT2D eigenvalue weighted by molar-refractivity contribution is 5.79. The van der Waals surface area contributed by atoms with Gasteiger partial charge in [0.05, 0.1) is 0 Å². The van der Waals surface area contributed by atoms with Crippen molar-refractivity contribution in [2.24, 2.45) is 23.5 Å². The van der Waals surface area contributed by atoms with Crippen LogP contribution in [0.1, 0.15) is 37.7 Å². The quantitative estimate of drug-likeness (QED) is 0.848. The van der Waals surface area contributed by atoms with Crippen molar-refractivity contribution in [3.8, 4) is 0 Å². The molecule has 2 atom stereocenters. The van der Waals surface area contributed by atoms with Crippen LogP contribution in [0.3, 0.4) is 0 Å². The summed E-state index contributed by atoms with van der Waals surface area (Å²) in [5.74, 6) is 1.10. The smallest absolute Gasteiger partial charge is 0.226 e. The summed E-state index contributed by atoms with van der Waals surface area (Å²) >= 11 is 0. The summed E-state index contributed by atoms with van der Waals surface area (Å²) < 4.78 is 13.2. The molecule has 1 amide bonds. The molecule has 0 aliphatic heterocycles. The van der Waals surface area contributed by atoms with Gasteiger partial charge in [0, 0.05) is 31.6 Å². The molecule has 2 aliphatic carbocycles. The summed E-state index contributed by atoms with van der Waals surface area (Å²) in [5, 5.41) is 0. The van der Waals surface area contributed by atoms with Crippen molar-refractivity contribution in [2.75, 3.05) is 27.2 Å². The van der Waals surface area contributed by atoms with Gasteiger partial charge < -0.3 is 15.5 Å². The predicted molar refractivity (Wildman–Crippen MR) is 102 cm³/mol. The van der Waals surface area contributed by atoms with Crippen molar-refractivity contribution in [3.05, 3.63) is 35.6 Å². The van der Waals surface area contributed by atoms with Gasteiger partial charge >= 0.3 is 0 Å². The Morgan fingerprint density at radius 3 is 2.31 bits per heavy atom. The zero-order chi connectivity index (χ0) is 18.7. The molecule has 144 valence electrons. The zero-order valence-electron chi connectivity index (χ0n) is 16.0. The van der Waals surface area contributed by atoms with Gasteiger partial charge in [0.25, 0.3) is 0 Å². The van der Waals surface area contributed by atoms with Gasteiger partial charge in [0.2, 0.25) is 5.91 Å². The highest BCUT2D eigenvalue weighted by Gasteiger charge is 2.41. The molecule has 4 nitrogen and oxygen atoms in total. The molecule has 0 aromatic heterocycles. The number of rotatable bonds is 6. The Kier molecular flexibility index (Phi) is 6.30. The largest absolute Gasteiger partial charge is 0.337 e. The lowest BCUT2D eigenvalue weighted by molar-refractivity contribution is -0.139. The van der Waals surface area contributed by atoms with Crippen molar-refractivity contribution in [1.82, 2.24) is 9.80 Å². The Hall–Kier alpha value is -1.46. The molecule has 2 saturated carbocycles. The lowest BCUT2D eigenvalue weighted by Gasteiger charge is -2.44. The van der Waals surface area contributed by atoms with Crippen molar-refractivity contribution in [1.29, 1.82) is 0 Å². The standard InChI is InChI=1S/C21H32FN3O/c1-24(2)10-11-25(14-15-6-8-19(22)9-7-15)21(26)18-12-16-4-3-5-17(13-18)20(16)23/h6-9,16-18,20H,3-5,10-14,23H2,1-2H3. The molecule has 2 N–H and O–H groups in total. The number of carbonyl (C=O) groups excluding carboxylic acids is 1. The molecule has 2 unspecified atom stereocenters. The van der Waals surface area contributed by atoms with Crippen LogP contribution in [-0.2, 0) is 11.3 Å². The second kappa shape index (κ2) is 8.49. The van der Waals surface area contributed by atoms with Gasteiger partial charge in [0.1, 0.15) is 5.82 Å². The van der Waals surface area contributed by atoms with Crippen LogP contribution in [0.5, 0.6) is 0 Å². The van der Waals surface area contributed by atoms with E-state index in [0.29, 0.717) is 24.9 Å². The van der Waals surface area contributed by atoms with Crippen LogP contribution in [0.25, 0.3) is 0 Å². The Morgan fingerprint density at radius 2 is 1.73 bits per heavy atom. The second-order valence-corrected chi connectivity index (χ2v) is 8.39. The van der Waals surface area contributed by atoms with E-state index < -0.39 is 0 Å². The van der Waals surface area contributed by atoms with E-state index in [4.69, 9.17) is 5.73 Å². The molecule has 2 fully saturated rings. The molecular weight excluding hydrogens is 329 g/mol. The summed E-state index contributed by atoms with van der Waals surface area (Å²) in [6.07, 6.45) is 5.44. The van der Waals surface area contributed by atoms with Crippen LogP contribution >= 0.6 is 0 Å². The molecule has 26 heavy (non-hydrogen) atoms. The van der Waals surface area contributed by atoms with Crippen LogP contribution in [0.4, 0.5) is 4.39 Å². The van der Waals surface area contributed by atoms with Crippen LogP contribution < -0.4 is 5.73 Å². The number of likely N-dealkylation sites (N-methyl/N-ethyl adjacent to an activating group) is 1. The van der Waals surface area contributed by atoms with E-state index in [1.807, 2.05) is 19.0 Å². The molecule has 5 heteroatoms. The number of nitrogens with zero attached hydrogens (tertiary/aromatic N) is 2. The minimum absolute atomic E-state index is 0.0905. The van der Waals surface area contributed by atoms with Gasteiger partial charge in [-0.1, -0.05) is 18.6 Å². The molecule has 0 heterocycles. The maximum absolute atomic E-state index is 13.3. The van der Waals surface area contributed by atoms with Crippen LogP contribution in [0.15, 0.2) is 24.3 Å². The van der Waals surface area contributed by atoms with Crippen molar-refractivity contribution >= 4 is 5.91 Å². The summed E-state index contributed by atoms with van der Waals surface area (Å²) in [6, 6.07) is 6.76. The van der Waals surface area contributed by atoms with Crippen molar-refractivity contribution in [2.45, 2.75) is 44.7 Å². The van der Waals surface area contributed by atoms with E-state index in [-0.39, 0.29) is 23.7 Å². The monoisotopic (exact) mass is 361 g/mol. The molecule has 3 rings (SSSR count). The Bertz CT molecular complexity index is 590. The third-order valence-electron chi connectivity index (χ3n) is 6.18. The van der Waals surface area contributed by atoms with Gasteiger partial charge in [-0.05, 0) is 69.3 Å². The van der Waals surface area contributed by atoms with Gasteiger partial charge in [0.15, 0.2) is 0 Å². The highest BCUT2D eigenvalue weighted by atomic mass is 19.1. The van der Waals surface area contributed by atoms with E-state index in [0.717, 1.165) is 37.8 Å². The van der Waals surface area contributed by atoms with E-state index in [9.17, 15) is 9.18 Å². The second-order valence-electron chi connectivity index (χ2n) is 8.39. The topological polar surface area (TPSA) is 49.6 Å². The van der Waals surface area contributed by atoms with E-state index in [2.05, 4.69) is 4.90 Å². The fraction of sp³-hybridized carbons (Fsp3) is 0.667. The van der Waals surface area contributed by atoms with Crippen molar-refractivity contribution < 1.29 is 9.18 Å². The molecule has 0 spiro atoms. The number of halogens is 1. The number of amides is 1. The molecule has 2 bridgehead atoms. The fourth-order valence-electron chi connectivity index (χ4n) is 4.65. The third kappa shape index (κ3) is 4.63. The van der Waals surface area contributed by atoms with E-state index >= 15 is 0 Å². The van der Waals surface area contributed by atoms with Gasteiger partial charge in [-0.25, -0.2) is 4.39 Å². The summed E-state index contributed by atoms with van der Waals surface area (Å²) in [7, 11) is 4.04. The minimum Gasteiger partial charge on any atom is -0.337 e. The summed E-state index contributed by atoms with van der Waals surface area (Å²) in [6.45, 7) is 2.07. The van der Waals surface area contributed by atoms with Crippen LogP contribution in [0.2, 0.25) is 0 Å². The SMILES string of the molecule is CN(C)CCN(Cc1ccc(F)cc1)C(=O)C1CC2CCCC(C1)C2N. The van der Waals surface area contributed by atoms with E-state index in [1.54, 1.807) is 12.1 Å². The van der Waals surface area contributed by atoms with Crippen molar-refractivity contribution in [3.63, 3.8) is 0 Å². The third-order valence-corrected chi connectivity index (χ3v) is 6.18. The number of hydrogen-bond donors (Lipinski definition) is 1. The van der Waals surface area contributed by atoms with Gasteiger partial charge in [-0.2, -0.15) is 0 Å². The average Bonchev–Trinajstić information content (AvgIpc) is 2.59. The number of benzene rings is 1. The first kappa shape index (κ1) is 19.3. The molecule has 2 aliphatic rings. The lowest BCUT2D eigenvalue weighted by Crippen LogP contribution is -2.50.